The number of H-pyrrole nitrogens is 1. The number of pyridine rings is 1. The van der Waals surface area contributed by atoms with Crippen LogP contribution in [0.2, 0.25) is 0 Å². The second-order valence-electron chi connectivity index (χ2n) is 9.83. The lowest BCUT2D eigenvalue weighted by atomic mass is 10.00. The first-order chi connectivity index (χ1) is 18.3. The summed E-state index contributed by atoms with van der Waals surface area (Å²) in [6, 6.07) is 9.51. The van der Waals surface area contributed by atoms with Crippen molar-refractivity contribution in [3.63, 3.8) is 0 Å². The predicted octanol–water partition coefficient (Wildman–Crippen LogP) is 3.33. The van der Waals surface area contributed by atoms with Crippen LogP contribution in [0.15, 0.2) is 54.5 Å². The van der Waals surface area contributed by atoms with Gasteiger partial charge in [-0.25, -0.2) is 4.98 Å². The van der Waals surface area contributed by atoms with Gasteiger partial charge in [0.25, 0.3) is 5.91 Å². The maximum atomic E-state index is 13.1. The van der Waals surface area contributed by atoms with Gasteiger partial charge in [-0.3, -0.25) is 14.7 Å². The third-order valence-corrected chi connectivity index (χ3v) is 6.53. The summed E-state index contributed by atoms with van der Waals surface area (Å²) in [5.74, 6) is 0.588. The molecule has 1 aliphatic rings. The number of carbonyl (C=O) groups excluding carboxylic acids is 2. The summed E-state index contributed by atoms with van der Waals surface area (Å²) in [5, 5.41) is 13.7. The zero-order valence-electron chi connectivity index (χ0n) is 22.4. The van der Waals surface area contributed by atoms with E-state index in [1.165, 1.54) is 6.20 Å². The number of carbonyl (C=O) groups is 2. The smallest absolute Gasteiger partial charge is 0.276 e. The number of hydrogen-bond donors (Lipinski definition) is 4. The van der Waals surface area contributed by atoms with E-state index >= 15 is 0 Å². The summed E-state index contributed by atoms with van der Waals surface area (Å²) >= 11 is 0. The molecule has 2 heterocycles. The zero-order chi connectivity index (χ0) is 27.2. The molecule has 1 fully saturated rings. The van der Waals surface area contributed by atoms with Gasteiger partial charge in [-0.1, -0.05) is 13.0 Å². The molecule has 1 aliphatic carbocycles. The standard InChI is InChI=1S/C28H36N8O2/c1-5-18(14-22(16-29)32-27(37)19-6-7-19)20-8-10-24-23(15-20)26(34-33-24)28(38)31-21-9-11-25(30-17-21)36(4)13-12-35(2)3/h8-11,14-17,19H,5-7,12-13,29H2,1-4H3,(H,31,38)(H,32,37)(H,33,34)/b18-14+,22-16+. The van der Waals surface area contributed by atoms with E-state index in [-0.39, 0.29) is 17.7 Å². The number of benzene rings is 1. The van der Waals surface area contributed by atoms with Gasteiger partial charge in [-0.2, -0.15) is 5.10 Å². The molecule has 0 unspecified atom stereocenters. The fraction of sp³-hybridized carbons (Fsp3) is 0.357. The Morgan fingerprint density at radius 3 is 2.58 bits per heavy atom. The number of aromatic amines is 1. The van der Waals surface area contributed by atoms with Crippen LogP contribution in [0, 0.1) is 5.92 Å². The van der Waals surface area contributed by atoms with Crippen LogP contribution in [-0.4, -0.2) is 66.1 Å². The number of likely N-dealkylation sites (N-methyl/N-ethyl adjacent to an activating group) is 2. The molecule has 5 N–H and O–H groups in total. The largest absolute Gasteiger partial charge is 0.403 e. The Morgan fingerprint density at radius 1 is 1.16 bits per heavy atom. The van der Waals surface area contributed by atoms with Crippen LogP contribution in [0.4, 0.5) is 11.5 Å². The molecule has 0 radical (unpaired) electrons. The van der Waals surface area contributed by atoms with Crippen LogP contribution in [0.25, 0.3) is 16.5 Å². The number of nitrogens with two attached hydrogens (primary N) is 1. The molecule has 0 atom stereocenters. The number of amides is 2. The lowest BCUT2D eigenvalue weighted by Crippen LogP contribution is -2.28. The first-order valence-electron chi connectivity index (χ1n) is 12.8. The third kappa shape index (κ3) is 6.57. The van der Waals surface area contributed by atoms with E-state index in [0.717, 1.165) is 48.4 Å². The third-order valence-electron chi connectivity index (χ3n) is 6.53. The molecule has 1 aromatic carbocycles. The molecule has 2 amide bonds. The number of nitrogens with one attached hydrogen (secondary N) is 3. The van der Waals surface area contributed by atoms with Crippen molar-refractivity contribution < 1.29 is 9.59 Å². The Labute approximate surface area is 223 Å². The van der Waals surface area contributed by atoms with Crippen molar-refractivity contribution in [2.24, 2.45) is 11.7 Å². The van der Waals surface area contributed by atoms with Gasteiger partial charge in [-0.05, 0) is 74.8 Å². The van der Waals surface area contributed by atoms with E-state index in [0.29, 0.717) is 28.9 Å². The average Bonchev–Trinajstić information content (AvgIpc) is 3.69. The van der Waals surface area contributed by atoms with Crippen molar-refractivity contribution in [3.8, 4) is 0 Å². The number of fused-ring (bicyclic) bond motifs is 1. The molecular weight excluding hydrogens is 480 g/mol. The molecule has 10 nitrogen and oxygen atoms in total. The van der Waals surface area contributed by atoms with E-state index in [9.17, 15) is 9.59 Å². The van der Waals surface area contributed by atoms with Crippen LogP contribution in [0.1, 0.15) is 42.2 Å². The number of rotatable bonds is 11. The van der Waals surface area contributed by atoms with E-state index < -0.39 is 0 Å². The quantitative estimate of drug-likeness (QED) is 0.287. The van der Waals surface area contributed by atoms with Gasteiger partial charge in [-0.15, -0.1) is 0 Å². The fourth-order valence-corrected chi connectivity index (χ4v) is 4.02. The molecular formula is C28H36N8O2. The summed E-state index contributed by atoms with van der Waals surface area (Å²) in [4.78, 5) is 34.0. The molecule has 2 aromatic heterocycles. The van der Waals surface area contributed by atoms with E-state index in [1.54, 1.807) is 6.20 Å². The highest BCUT2D eigenvalue weighted by molar-refractivity contribution is 6.11. The number of allylic oxidation sites excluding steroid dienone is 2. The summed E-state index contributed by atoms with van der Waals surface area (Å²) in [5.41, 5.74) is 9.88. The first-order valence-corrected chi connectivity index (χ1v) is 12.8. The molecule has 10 heteroatoms. The van der Waals surface area contributed by atoms with Crippen LogP contribution in [0.3, 0.4) is 0 Å². The van der Waals surface area contributed by atoms with E-state index in [4.69, 9.17) is 5.73 Å². The van der Waals surface area contributed by atoms with Gasteiger partial charge in [0.1, 0.15) is 5.82 Å². The van der Waals surface area contributed by atoms with Crippen LogP contribution < -0.4 is 21.3 Å². The lowest BCUT2D eigenvalue weighted by Gasteiger charge is -2.20. The molecule has 38 heavy (non-hydrogen) atoms. The Kier molecular flexibility index (Phi) is 8.42. The van der Waals surface area contributed by atoms with Crippen molar-refractivity contribution in [1.82, 2.24) is 25.4 Å². The average molecular weight is 517 g/mol. The summed E-state index contributed by atoms with van der Waals surface area (Å²) in [7, 11) is 6.06. The van der Waals surface area contributed by atoms with Crippen molar-refractivity contribution in [1.29, 1.82) is 0 Å². The monoisotopic (exact) mass is 516 g/mol. The molecule has 4 rings (SSSR count). The second kappa shape index (κ2) is 11.9. The molecule has 1 saturated carbocycles. The predicted molar refractivity (Wildman–Crippen MR) is 152 cm³/mol. The summed E-state index contributed by atoms with van der Waals surface area (Å²) in [6.07, 6.45) is 7.49. The van der Waals surface area contributed by atoms with Gasteiger partial charge in [0, 0.05) is 37.6 Å². The summed E-state index contributed by atoms with van der Waals surface area (Å²) in [6.45, 7) is 3.79. The summed E-state index contributed by atoms with van der Waals surface area (Å²) < 4.78 is 0. The van der Waals surface area contributed by atoms with Crippen molar-refractivity contribution in [2.75, 3.05) is 44.4 Å². The van der Waals surface area contributed by atoms with Crippen molar-refractivity contribution in [2.45, 2.75) is 26.2 Å². The fourth-order valence-electron chi connectivity index (χ4n) is 4.02. The minimum atomic E-state index is -0.329. The number of nitrogens with zero attached hydrogens (tertiary/aromatic N) is 4. The minimum Gasteiger partial charge on any atom is -0.403 e. The van der Waals surface area contributed by atoms with Gasteiger partial charge >= 0.3 is 0 Å². The van der Waals surface area contributed by atoms with Crippen LogP contribution >= 0.6 is 0 Å². The molecule has 0 aliphatic heterocycles. The highest BCUT2D eigenvalue weighted by Crippen LogP contribution is 2.30. The lowest BCUT2D eigenvalue weighted by molar-refractivity contribution is -0.121. The SMILES string of the molecule is CC/C(=C\C(=C/N)NC(=O)C1CC1)c1ccc2[nH]nc(C(=O)Nc3ccc(N(C)CCN(C)C)nc3)c2c1. The number of anilines is 2. The van der Waals surface area contributed by atoms with E-state index in [2.05, 4.69) is 35.6 Å². The number of hydrogen-bond acceptors (Lipinski definition) is 7. The van der Waals surface area contributed by atoms with Gasteiger partial charge < -0.3 is 26.2 Å². The highest BCUT2D eigenvalue weighted by Gasteiger charge is 2.29. The maximum Gasteiger partial charge on any atom is 0.276 e. The van der Waals surface area contributed by atoms with E-state index in [1.807, 2.05) is 64.5 Å². The van der Waals surface area contributed by atoms with Gasteiger partial charge in [0.2, 0.25) is 5.91 Å². The molecule has 3 aromatic rings. The molecule has 200 valence electrons. The van der Waals surface area contributed by atoms with Crippen LogP contribution in [0.5, 0.6) is 0 Å². The van der Waals surface area contributed by atoms with Crippen molar-refractivity contribution >= 4 is 39.8 Å². The minimum absolute atomic E-state index is 0.000350. The Hall–Kier alpha value is -4.18. The zero-order valence-corrected chi connectivity index (χ0v) is 22.4. The second-order valence-corrected chi connectivity index (χ2v) is 9.83. The normalized spacial score (nSPS) is 14.1. The van der Waals surface area contributed by atoms with Crippen LogP contribution in [-0.2, 0) is 4.79 Å². The van der Waals surface area contributed by atoms with Gasteiger partial charge in [0.15, 0.2) is 5.69 Å². The highest BCUT2D eigenvalue weighted by atomic mass is 16.2. The van der Waals surface area contributed by atoms with Gasteiger partial charge in [0.05, 0.1) is 23.1 Å². The Bertz CT molecular complexity index is 1350. The topological polar surface area (TPSA) is 132 Å². The molecule has 0 bridgehead atoms. The Balaban J connectivity index is 1.50. The maximum absolute atomic E-state index is 13.1. The first kappa shape index (κ1) is 26.9. The molecule has 0 saturated heterocycles. The Morgan fingerprint density at radius 2 is 1.95 bits per heavy atom. The van der Waals surface area contributed by atoms with Crippen molar-refractivity contribution in [3.05, 3.63) is 65.8 Å². The molecule has 0 spiro atoms. The number of aromatic nitrogens is 3.